The molecule has 0 atom stereocenters. The smallest absolute Gasteiger partial charge is 0.283 e. The fraction of sp³-hybridized carbons (Fsp3) is 0.556. The molecule has 0 bridgehead atoms. The fourth-order valence-electron chi connectivity index (χ4n) is 8.96. The van der Waals surface area contributed by atoms with Gasteiger partial charge in [-0.05, 0) is 129 Å². The lowest BCUT2D eigenvalue weighted by Gasteiger charge is -2.35. The van der Waals surface area contributed by atoms with Crippen LogP contribution in [0.5, 0.6) is 0 Å². The molecular formula is C63H88N12O6S4. The predicted molar refractivity (Wildman–Crippen MR) is 351 cm³/mol. The van der Waals surface area contributed by atoms with Crippen molar-refractivity contribution in [1.29, 1.82) is 10.5 Å². The van der Waals surface area contributed by atoms with E-state index in [1.165, 1.54) is 53.4 Å². The summed E-state index contributed by atoms with van der Waals surface area (Å²) in [5.74, 6) is -3.10. The summed E-state index contributed by atoms with van der Waals surface area (Å²) >= 11 is 9.89. The third kappa shape index (κ3) is 19.0. The number of ketones is 1. The van der Waals surface area contributed by atoms with Crippen molar-refractivity contribution in [3.63, 3.8) is 0 Å². The van der Waals surface area contributed by atoms with Gasteiger partial charge < -0.3 is 14.7 Å². The number of Topliss-reactive ketones (excluding diaryl/α,β-unsaturated/α-hetero) is 1. The summed E-state index contributed by atoms with van der Waals surface area (Å²) in [6, 6.07) is 3.80. The second-order valence-corrected chi connectivity index (χ2v) is 24.0. The van der Waals surface area contributed by atoms with Gasteiger partial charge in [-0.15, -0.1) is 11.3 Å². The minimum Gasteiger partial charge on any atom is -0.372 e. The Hall–Kier alpha value is -6.90. The van der Waals surface area contributed by atoms with E-state index in [0.29, 0.717) is 24.4 Å². The van der Waals surface area contributed by atoms with Gasteiger partial charge in [-0.2, -0.15) is 15.5 Å². The van der Waals surface area contributed by atoms with E-state index in [1.54, 1.807) is 36.5 Å². The zero-order valence-corrected chi connectivity index (χ0v) is 56.1. The molecule has 5 amide bonds. The number of thiophene rings is 1. The largest absolute Gasteiger partial charge is 0.372 e. The van der Waals surface area contributed by atoms with Crippen LogP contribution in [0.15, 0.2) is 27.9 Å². The van der Waals surface area contributed by atoms with Gasteiger partial charge in [0.25, 0.3) is 23.6 Å². The van der Waals surface area contributed by atoms with Gasteiger partial charge in [-0.3, -0.25) is 38.6 Å². The molecule has 0 aliphatic carbocycles. The summed E-state index contributed by atoms with van der Waals surface area (Å²) in [7, 11) is 1.34. The average molecular weight is 1240 g/mol. The minimum absolute atomic E-state index is 0.0936. The molecule has 2 aliphatic rings. The first kappa shape index (κ1) is 72.4. The minimum atomic E-state index is -0.785. The number of aromatic nitrogens is 2. The van der Waals surface area contributed by atoms with Crippen LogP contribution in [0, 0.1) is 50.0 Å². The Kier molecular flexibility index (Phi) is 30.8. The second kappa shape index (κ2) is 36.2. The number of thiocarbonyl (C=S) groups is 1. The number of likely N-dealkylation sites (N-methyl/N-ethyl adjacent to an activating group) is 2. The van der Waals surface area contributed by atoms with Gasteiger partial charge in [0.1, 0.15) is 23.3 Å². The van der Waals surface area contributed by atoms with Crippen LogP contribution < -0.4 is 14.7 Å². The second-order valence-electron chi connectivity index (χ2n) is 20.6. The van der Waals surface area contributed by atoms with Crippen molar-refractivity contribution in [2.75, 3.05) is 74.1 Å². The highest BCUT2D eigenvalue weighted by atomic mass is 32.1. The maximum Gasteiger partial charge on any atom is 0.283 e. The first-order chi connectivity index (χ1) is 40.6. The number of nitriles is 2. The zero-order valence-electron chi connectivity index (χ0n) is 52.8. The van der Waals surface area contributed by atoms with Crippen LogP contribution in [0.4, 0.5) is 21.0 Å². The Labute approximate surface area is 522 Å². The monoisotopic (exact) mass is 1240 g/mol. The summed E-state index contributed by atoms with van der Waals surface area (Å²) in [5.41, 5.74) is 3.76. The van der Waals surface area contributed by atoms with E-state index >= 15 is 0 Å². The first-order valence-corrected chi connectivity index (χ1v) is 32.6. The van der Waals surface area contributed by atoms with Crippen LogP contribution in [-0.4, -0.2) is 130 Å². The van der Waals surface area contributed by atoms with Gasteiger partial charge in [-0.1, -0.05) is 103 Å². The molecule has 5 rings (SSSR count). The molecule has 3 aromatic heterocycles. The van der Waals surface area contributed by atoms with E-state index < -0.39 is 23.5 Å². The number of imide groups is 1. The predicted octanol–water partition coefficient (Wildman–Crippen LogP) is 13.6. The van der Waals surface area contributed by atoms with Gasteiger partial charge in [0.2, 0.25) is 11.6 Å². The molecule has 0 saturated carbocycles. The van der Waals surface area contributed by atoms with E-state index in [9.17, 15) is 28.8 Å². The van der Waals surface area contributed by atoms with Crippen molar-refractivity contribution in [3.05, 3.63) is 70.9 Å². The molecule has 0 spiro atoms. The number of nitrogens with zero attached hydrogens (tertiary/aromatic N) is 12. The molecule has 18 nitrogen and oxygen atoms in total. The van der Waals surface area contributed by atoms with Crippen molar-refractivity contribution < 1.29 is 28.8 Å². The van der Waals surface area contributed by atoms with Crippen LogP contribution in [0.2, 0.25) is 0 Å². The molecule has 2 aliphatic heterocycles. The topological polar surface area (TPSA) is 203 Å². The molecule has 0 unspecified atom stereocenters. The maximum atomic E-state index is 13.3. The summed E-state index contributed by atoms with van der Waals surface area (Å²) in [4.78, 5) is 102. The van der Waals surface area contributed by atoms with Gasteiger partial charge >= 0.3 is 0 Å². The van der Waals surface area contributed by atoms with Crippen molar-refractivity contribution in [1.82, 2.24) is 29.8 Å². The van der Waals surface area contributed by atoms with E-state index in [1.807, 2.05) is 46.8 Å². The Bertz CT molecular complexity index is 3060. The number of anilines is 3. The third-order valence-electron chi connectivity index (χ3n) is 14.2. The van der Waals surface area contributed by atoms with Gasteiger partial charge in [-0.25, -0.2) is 19.8 Å². The Morgan fingerprint density at radius 1 is 0.612 bits per heavy atom. The molecule has 0 radical (unpaired) electrons. The first-order valence-electron chi connectivity index (χ1n) is 29.7. The molecule has 3 aromatic rings. The van der Waals surface area contributed by atoms with Crippen molar-refractivity contribution >= 4 is 126 Å². The molecule has 1 saturated heterocycles. The van der Waals surface area contributed by atoms with E-state index in [2.05, 4.69) is 66.1 Å². The number of carbonyl (C=O) groups excluding carboxylic acids is 6. The normalized spacial score (nSPS) is 13.6. The number of hydrogen-bond donors (Lipinski definition) is 0. The van der Waals surface area contributed by atoms with Gasteiger partial charge in [0.05, 0.1) is 38.3 Å². The number of unbranched alkanes of at least 4 members (excludes halogenated alkanes) is 6. The Balaban J connectivity index is 0.000000342. The number of allylic oxidation sites excluding steroid dienone is 1. The lowest BCUT2D eigenvalue weighted by atomic mass is 9.93. The number of aryl methyl sites for hydroxylation is 2. The number of hydrogen-bond acceptors (Lipinski definition) is 17. The highest BCUT2D eigenvalue weighted by Crippen LogP contribution is 2.44. The Morgan fingerprint density at radius 2 is 1.02 bits per heavy atom. The van der Waals surface area contributed by atoms with Crippen LogP contribution in [0.1, 0.15) is 185 Å². The van der Waals surface area contributed by atoms with Crippen molar-refractivity contribution in [3.8, 4) is 12.1 Å². The van der Waals surface area contributed by atoms with Crippen LogP contribution in [0.3, 0.4) is 0 Å². The van der Waals surface area contributed by atoms with E-state index in [-0.39, 0.29) is 39.2 Å². The summed E-state index contributed by atoms with van der Waals surface area (Å²) < 4.78 is 0. The fourth-order valence-corrected chi connectivity index (χ4v) is 12.7. The summed E-state index contributed by atoms with van der Waals surface area (Å²) in [5, 5.41) is 22.5. The molecular weight excluding hydrogens is 1150 g/mol. The summed E-state index contributed by atoms with van der Waals surface area (Å²) in [6.45, 7) is 40.7. The van der Waals surface area contributed by atoms with E-state index in [4.69, 9.17) is 34.3 Å². The van der Waals surface area contributed by atoms with Gasteiger partial charge in [0, 0.05) is 76.8 Å². The molecule has 1 fully saturated rings. The quantitative estimate of drug-likeness (QED) is 0.0166. The molecule has 0 N–H and O–H groups in total. The van der Waals surface area contributed by atoms with Crippen LogP contribution >= 0.6 is 46.2 Å². The van der Waals surface area contributed by atoms with Crippen LogP contribution in [0.25, 0.3) is 23.1 Å². The van der Waals surface area contributed by atoms with Gasteiger partial charge in [0.15, 0.2) is 21.2 Å². The summed E-state index contributed by atoms with van der Waals surface area (Å²) in [6.07, 6.45) is 18.2. The highest BCUT2D eigenvalue weighted by Gasteiger charge is 2.41. The lowest BCUT2D eigenvalue weighted by Crippen LogP contribution is -2.55. The number of hydrazine groups is 1. The maximum absolute atomic E-state index is 13.3. The van der Waals surface area contributed by atoms with Crippen molar-refractivity contribution in [2.45, 2.75) is 174 Å². The van der Waals surface area contributed by atoms with Crippen molar-refractivity contribution in [2.24, 2.45) is 0 Å². The molecule has 22 heteroatoms. The Morgan fingerprint density at radius 3 is 1.41 bits per heavy atom. The number of carbonyl (C=O) groups is 6. The SMILES string of the molecule is CCCCN(CCCC)c1nc(C)c(C=C(C#N)C#N)s1.CCCCN(CCCC)c1nc(C)c(C=C2C(=O)N(N(C)C(C)=O)C(=O)C(C(C)=O)=C2C)s1.[C-]#[N+]c1c(N(CCCC)CCCC)sc(C=C2C(=O)N(CC)C(=S)N(CC)C2=O)c1C. The average Bonchev–Trinajstić information content (AvgIpc) is 2.11. The standard InChI is InChI=1S/C24H34N4O4S.C23H32N4O2S2.C16H22N4S/c1-8-10-12-27(13-11-9-2)24-25-16(4)20(33-24)14-19-15(3)21(17(5)29)23(32)28(22(19)31)26(7)18(6)30;1-7-11-13-25(14-12-8-2)22-19(24-6)16(5)18(31-22)15-17-20(28)26(9-3)23(30)27(10-4)21(17)29;1-4-6-8-20(9-7-5-2)16-19-13(3)15(21-16)10-14(11-17)12-18/h14H,8-13H2,1-7H3;15H,7-14H2,1-5H3;10H,4-9H2,1-3H3. The number of amides is 5. The lowest BCUT2D eigenvalue weighted by molar-refractivity contribution is -0.166. The molecule has 5 heterocycles. The molecule has 85 heavy (non-hydrogen) atoms. The molecule has 460 valence electrons. The van der Waals surface area contributed by atoms with E-state index in [0.717, 1.165) is 173 Å². The highest BCUT2D eigenvalue weighted by molar-refractivity contribution is 7.80. The van der Waals surface area contributed by atoms with Crippen LogP contribution in [-0.2, 0) is 28.8 Å². The molecule has 0 aromatic carbocycles. The number of rotatable bonds is 28. The third-order valence-corrected chi connectivity index (χ3v) is 18.3. The zero-order chi connectivity index (χ0) is 63.7. The number of thiazole rings is 2.